The zero-order chi connectivity index (χ0) is 14.7. The maximum Gasteiger partial charge on any atom is 0.429 e. The summed E-state index contributed by atoms with van der Waals surface area (Å²) in [6.45, 7) is 5.17. The third kappa shape index (κ3) is 2.63. The lowest BCUT2D eigenvalue weighted by atomic mass is 9.93. The molecule has 1 aromatic heterocycles. The molecule has 0 aliphatic carbocycles. The molecule has 1 heterocycles. The Morgan fingerprint density at radius 2 is 2.21 bits per heavy atom. The fourth-order valence-corrected chi connectivity index (χ4v) is 1.65. The highest BCUT2D eigenvalue weighted by molar-refractivity contribution is 5.35. The summed E-state index contributed by atoms with van der Waals surface area (Å²) in [5.74, 6) is -0.625. The van der Waals surface area contributed by atoms with Crippen LogP contribution in [0.5, 0.6) is 0 Å². The van der Waals surface area contributed by atoms with Crippen molar-refractivity contribution in [3.8, 4) is 6.07 Å². The summed E-state index contributed by atoms with van der Waals surface area (Å²) >= 11 is 0. The molecule has 0 amide bonds. The van der Waals surface area contributed by atoms with Crippen LogP contribution in [0.2, 0.25) is 0 Å². The largest absolute Gasteiger partial charge is 0.429 e. The lowest BCUT2D eigenvalue weighted by molar-refractivity contribution is -0.252. The lowest BCUT2D eigenvalue weighted by Crippen LogP contribution is -2.45. The number of alkyl halides is 3. The van der Waals surface area contributed by atoms with Gasteiger partial charge >= 0.3 is 6.18 Å². The molecule has 7 heteroatoms. The fourth-order valence-electron chi connectivity index (χ4n) is 1.65. The molecule has 0 bridgehead atoms. The van der Waals surface area contributed by atoms with Crippen molar-refractivity contribution in [3.63, 3.8) is 0 Å². The molecule has 0 saturated carbocycles. The van der Waals surface area contributed by atoms with E-state index in [2.05, 4.69) is 11.6 Å². The van der Waals surface area contributed by atoms with Crippen LogP contribution in [0.3, 0.4) is 0 Å². The van der Waals surface area contributed by atoms with E-state index in [1.54, 1.807) is 0 Å². The van der Waals surface area contributed by atoms with Crippen LogP contribution >= 0.6 is 0 Å². The number of nitrogens with zero attached hydrogens (tertiary/aromatic N) is 3. The number of aryl methyl sites for hydroxylation is 1. The predicted octanol–water partition coefficient (Wildman–Crippen LogP) is 2.51. The van der Waals surface area contributed by atoms with E-state index in [1.807, 2.05) is 6.92 Å². The van der Waals surface area contributed by atoms with Crippen LogP contribution in [0.4, 0.5) is 13.2 Å². The van der Waals surface area contributed by atoms with Crippen LogP contribution in [0, 0.1) is 11.3 Å². The van der Waals surface area contributed by atoms with Gasteiger partial charge in [0, 0.05) is 18.9 Å². The second-order valence-electron chi connectivity index (χ2n) is 4.10. The summed E-state index contributed by atoms with van der Waals surface area (Å²) in [7, 11) is 0. The minimum Gasteiger partial charge on any atom is -0.369 e. The Morgan fingerprint density at radius 1 is 1.58 bits per heavy atom. The average molecular weight is 273 g/mol. The standard InChI is InChI=1S/C12H14F3N3O/c1-3-4-6-18-7-5-17-10(18)11(19,9(2)8-16)12(13,14)15/h5,7,19H,2-4,6H2,1H3/t11-/m1/s1. The Kier molecular flexibility index (Phi) is 4.37. The third-order valence-corrected chi connectivity index (χ3v) is 2.77. The van der Waals surface area contributed by atoms with Crippen molar-refractivity contribution in [2.24, 2.45) is 0 Å². The third-order valence-electron chi connectivity index (χ3n) is 2.77. The molecule has 104 valence electrons. The van der Waals surface area contributed by atoms with E-state index in [-0.39, 0.29) is 6.54 Å². The first kappa shape index (κ1) is 15.2. The topological polar surface area (TPSA) is 61.8 Å². The monoisotopic (exact) mass is 273 g/mol. The Bertz CT molecular complexity index is 501. The van der Waals surface area contributed by atoms with Gasteiger partial charge in [0.1, 0.15) is 0 Å². The van der Waals surface area contributed by atoms with E-state index in [1.165, 1.54) is 16.8 Å². The van der Waals surface area contributed by atoms with Crippen molar-refractivity contribution in [3.05, 3.63) is 30.4 Å². The summed E-state index contributed by atoms with van der Waals surface area (Å²) < 4.78 is 40.5. The number of nitriles is 1. The second-order valence-corrected chi connectivity index (χ2v) is 4.10. The van der Waals surface area contributed by atoms with Gasteiger partial charge in [0.15, 0.2) is 5.82 Å². The highest BCUT2D eigenvalue weighted by Gasteiger charge is 2.60. The van der Waals surface area contributed by atoms with Crippen LogP contribution in [-0.4, -0.2) is 20.8 Å². The number of unbranched alkanes of at least 4 members (excludes halogenated alkanes) is 1. The molecule has 0 saturated heterocycles. The van der Waals surface area contributed by atoms with E-state index < -0.39 is 23.2 Å². The Morgan fingerprint density at radius 3 is 2.68 bits per heavy atom. The van der Waals surface area contributed by atoms with Crippen LogP contribution in [-0.2, 0) is 12.1 Å². The molecule has 0 spiro atoms. The molecule has 19 heavy (non-hydrogen) atoms. The molecular weight excluding hydrogens is 259 g/mol. The first-order chi connectivity index (χ1) is 8.79. The van der Waals surface area contributed by atoms with Gasteiger partial charge in [-0.1, -0.05) is 19.9 Å². The predicted molar refractivity (Wildman–Crippen MR) is 61.8 cm³/mol. The van der Waals surface area contributed by atoms with Gasteiger partial charge in [0.2, 0.25) is 0 Å². The van der Waals surface area contributed by atoms with Gasteiger partial charge in [-0.05, 0) is 6.42 Å². The van der Waals surface area contributed by atoms with Gasteiger partial charge in [0.05, 0.1) is 11.6 Å². The minimum atomic E-state index is -5.06. The summed E-state index contributed by atoms with van der Waals surface area (Å²) in [4.78, 5) is 3.56. The molecule has 1 aromatic rings. The van der Waals surface area contributed by atoms with Crippen molar-refractivity contribution in [2.45, 2.75) is 38.1 Å². The van der Waals surface area contributed by atoms with Crippen molar-refractivity contribution in [1.29, 1.82) is 5.26 Å². The van der Waals surface area contributed by atoms with Crippen molar-refractivity contribution in [2.75, 3.05) is 0 Å². The van der Waals surface area contributed by atoms with Crippen molar-refractivity contribution in [1.82, 2.24) is 9.55 Å². The molecule has 0 fully saturated rings. The van der Waals surface area contributed by atoms with E-state index in [0.717, 1.165) is 12.6 Å². The van der Waals surface area contributed by atoms with Crippen LogP contribution < -0.4 is 0 Å². The van der Waals surface area contributed by atoms with Gasteiger partial charge in [-0.25, -0.2) is 4.98 Å². The first-order valence-corrected chi connectivity index (χ1v) is 5.69. The van der Waals surface area contributed by atoms with Gasteiger partial charge in [-0.3, -0.25) is 0 Å². The Hall–Kier alpha value is -1.81. The molecule has 0 aliphatic heterocycles. The highest BCUT2D eigenvalue weighted by atomic mass is 19.4. The van der Waals surface area contributed by atoms with E-state index in [0.29, 0.717) is 6.42 Å². The Balaban J connectivity index is 3.32. The van der Waals surface area contributed by atoms with E-state index >= 15 is 0 Å². The molecule has 1 rings (SSSR count). The smallest absolute Gasteiger partial charge is 0.369 e. The van der Waals surface area contributed by atoms with Gasteiger partial charge < -0.3 is 9.67 Å². The van der Waals surface area contributed by atoms with Crippen LogP contribution in [0.15, 0.2) is 24.5 Å². The number of halogens is 3. The van der Waals surface area contributed by atoms with Gasteiger partial charge in [-0.2, -0.15) is 18.4 Å². The number of aromatic nitrogens is 2. The molecule has 1 N–H and O–H groups in total. The number of rotatable bonds is 5. The summed E-state index contributed by atoms with van der Waals surface area (Å²) in [5.41, 5.74) is -4.44. The lowest BCUT2D eigenvalue weighted by Gasteiger charge is -2.29. The number of hydrogen-bond donors (Lipinski definition) is 1. The van der Waals surface area contributed by atoms with Crippen molar-refractivity contribution >= 4 is 0 Å². The summed E-state index contributed by atoms with van der Waals surface area (Å²) in [5, 5.41) is 18.6. The van der Waals surface area contributed by atoms with Crippen molar-refractivity contribution < 1.29 is 18.3 Å². The zero-order valence-corrected chi connectivity index (χ0v) is 10.4. The molecule has 4 nitrogen and oxygen atoms in total. The minimum absolute atomic E-state index is 0.281. The molecule has 0 aliphatic rings. The maximum atomic E-state index is 13.1. The molecule has 0 unspecified atom stereocenters. The second kappa shape index (κ2) is 5.45. The van der Waals surface area contributed by atoms with Crippen LogP contribution in [0.25, 0.3) is 0 Å². The van der Waals surface area contributed by atoms with Gasteiger partial charge in [-0.15, -0.1) is 0 Å². The number of aliphatic hydroxyl groups is 1. The van der Waals surface area contributed by atoms with Gasteiger partial charge in [0.25, 0.3) is 5.60 Å². The number of hydrogen-bond acceptors (Lipinski definition) is 3. The maximum absolute atomic E-state index is 13.1. The normalized spacial score (nSPS) is 14.7. The quantitative estimate of drug-likeness (QED) is 0.838. The number of imidazole rings is 1. The van der Waals surface area contributed by atoms with E-state index in [4.69, 9.17) is 5.26 Å². The molecule has 1 atom stereocenters. The molecular formula is C12H14F3N3O. The zero-order valence-electron chi connectivity index (χ0n) is 10.4. The van der Waals surface area contributed by atoms with Crippen LogP contribution in [0.1, 0.15) is 25.6 Å². The highest BCUT2D eigenvalue weighted by Crippen LogP contribution is 2.42. The SMILES string of the molecule is C=C(C#N)[C@@](O)(c1nccn1CCCC)C(F)(F)F. The first-order valence-electron chi connectivity index (χ1n) is 5.69. The summed E-state index contributed by atoms with van der Waals surface area (Å²) in [6, 6.07) is 1.27. The molecule has 0 radical (unpaired) electrons. The molecule has 0 aromatic carbocycles. The fraction of sp³-hybridized carbons (Fsp3) is 0.500. The average Bonchev–Trinajstić information content (AvgIpc) is 2.81. The van der Waals surface area contributed by atoms with E-state index in [9.17, 15) is 18.3 Å². The summed E-state index contributed by atoms with van der Waals surface area (Å²) in [6.07, 6.45) is -1.15. The Labute approximate surface area is 108 Å².